The van der Waals surface area contributed by atoms with E-state index in [2.05, 4.69) is 10.4 Å². The molecule has 0 aliphatic carbocycles. The van der Waals surface area contributed by atoms with Gasteiger partial charge in [0.15, 0.2) is 0 Å². The first-order chi connectivity index (χ1) is 11.9. The lowest BCUT2D eigenvalue weighted by atomic mass is 9.85. The van der Waals surface area contributed by atoms with E-state index >= 15 is 0 Å². The highest BCUT2D eigenvalue weighted by Gasteiger charge is 2.45. The first kappa shape index (κ1) is 17.8. The third-order valence-electron chi connectivity index (χ3n) is 5.31. The van der Waals surface area contributed by atoms with Gasteiger partial charge in [0.1, 0.15) is 11.4 Å². The van der Waals surface area contributed by atoms with Gasteiger partial charge in [0.2, 0.25) is 11.8 Å². The number of piperidine rings is 1. The largest absolute Gasteiger partial charge is 0.354 e. The maximum Gasteiger partial charge on any atom is 0.248 e. The molecule has 1 N–H and O–H groups in total. The van der Waals surface area contributed by atoms with Crippen molar-refractivity contribution in [3.05, 3.63) is 12.3 Å². The molecule has 7 nitrogen and oxygen atoms in total. The lowest BCUT2D eigenvalue weighted by Gasteiger charge is -2.43. The van der Waals surface area contributed by atoms with E-state index in [1.165, 1.54) is 0 Å². The molecule has 3 heterocycles. The summed E-state index contributed by atoms with van der Waals surface area (Å²) in [6.07, 6.45) is 5.26. The quantitative estimate of drug-likeness (QED) is 0.895. The number of likely N-dealkylation sites (tertiary alicyclic amines) is 2. The molecule has 0 atom stereocenters. The average Bonchev–Trinajstić information content (AvgIpc) is 3.26. The third kappa shape index (κ3) is 3.65. The minimum atomic E-state index is -0.660. The van der Waals surface area contributed by atoms with Crippen molar-refractivity contribution in [2.24, 2.45) is 13.0 Å². The van der Waals surface area contributed by atoms with Crippen molar-refractivity contribution in [3.8, 4) is 0 Å². The van der Waals surface area contributed by atoms with Crippen LogP contribution in [0.4, 0.5) is 5.82 Å². The van der Waals surface area contributed by atoms with Gasteiger partial charge in [-0.1, -0.05) is 13.8 Å². The molecule has 1 aromatic heterocycles. The second-order valence-electron chi connectivity index (χ2n) is 7.56. The summed E-state index contributed by atoms with van der Waals surface area (Å²) in [5, 5.41) is 7.81. The lowest BCUT2D eigenvalue weighted by molar-refractivity contribution is -0.142. The predicted octanol–water partition coefficient (Wildman–Crippen LogP) is 1.47. The van der Waals surface area contributed by atoms with Crippen LogP contribution in [0.15, 0.2) is 12.3 Å². The molecule has 0 saturated carbocycles. The maximum absolute atomic E-state index is 13.3. The van der Waals surface area contributed by atoms with Crippen LogP contribution in [0.25, 0.3) is 0 Å². The molecule has 2 amide bonds. The highest BCUT2D eigenvalue weighted by Crippen LogP contribution is 2.30. The van der Waals surface area contributed by atoms with E-state index in [0.29, 0.717) is 25.9 Å². The number of rotatable bonds is 4. The van der Waals surface area contributed by atoms with Crippen LogP contribution in [0.5, 0.6) is 0 Å². The molecule has 2 aliphatic rings. The van der Waals surface area contributed by atoms with Crippen molar-refractivity contribution in [1.82, 2.24) is 19.6 Å². The van der Waals surface area contributed by atoms with E-state index in [9.17, 15) is 9.59 Å². The van der Waals surface area contributed by atoms with E-state index in [1.54, 1.807) is 4.68 Å². The molecule has 0 unspecified atom stereocenters. The summed E-state index contributed by atoms with van der Waals surface area (Å²) in [6.45, 7) is 6.72. The Kier molecular flexibility index (Phi) is 5.01. The Labute approximate surface area is 149 Å². The van der Waals surface area contributed by atoms with Gasteiger partial charge >= 0.3 is 0 Å². The van der Waals surface area contributed by atoms with Crippen LogP contribution < -0.4 is 5.32 Å². The van der Waals surface area contributed by atoms with Gasteiger partial charge in [-0.05, 0) is 25.7 Å². The Balaban J connectivity index is 1.78. The Hall–Kier alpha value is -2.05. The third-order valence-corrected chi connectivity index (χ3v) is 5.31. The molecule has 2 saturated heterocycles. The Bertz CT molecular complexity index is 625. The number of nitrogens with one attached hydrogen (secondary N) is 1. The van der Waals surface area contributed by atoms with Gasteiger partial charge in [0.25, 0.3) is 0 Å². The summed E-state index contributed by atoms with van der Waals surface area (Å²) in [5.74, 6) is 1.04. The van der Waals surface area contributed by atoms with Crippen molar-refractivity contribution < 1.29 is 9.59 Å². The van der Waals surface area contributed by atoms with Crippen molar-refractivity contribution in [1.29, 1.82) is 0 Å². The molecule has 0 aromatic carbocycles. The summed E-state index contributed by atoms with van der Waals surface area (Å²) in [6, 6.07) is 1.89. The summed E-state index contributed by atoms with van der Waals surface area (Å²) >= 11 is 0. The Morgan fingerprint density at radius 2 is 1.76 bits per heavy atom. The van der Waals surface area contributed by atoms with Crippen molar-refractivity contribution in [3.63, 3.8) is 0 Å². The number of anilines is 1. The molecule has 0 bridgehead atoms. The summed E-state index contributed by atoms with van der Waals surface area (Å²) in [4.78, 5) is 29.4. The standard InChI is InChI=1S/C18H29N5O2/c1-14(2)16(24)22-12-7-18(8-13-22,17(25)23-9-4-5-10-23)19-15-6-11-21(3)20-15/h6,11,14H,4-5,7-10,12-13H2,1-3H3,(H,19,20). The first-order valence-corrected chi connectivity index (χ1v) is 9.27. The normalized spacial score (nSPS) is 20.2. The number of hydrogen-bond acceptors (Lipinski definition) is 4. The highest BCUT2D eigenvalue weighted by molar-refractivity contribution is 5.90. The van der Waals surface area contributed by atoms with Gasteiger partial charge in [-0.25, -0.2) is 0 Å². The van der Waals surface area contributed by atoms with Gasteiger partial charge in [-0.15, -0.1) is 0 Å². The molecule has 138 valence electrons. The van der Waals surface area contributed by atoms with Gasteiger partial charge in [0.05, 0.1) is 0 Å². The smallest absolute Gasteiger partial charge is 0.248 e. The zero-order valence-corrected chi connectivity index (χ0v) is 15.5. The average molecular weight is 347 g/mol. The monoisotopic (exact) mass is 347 g/mol. The van der Waals surface area contributed by atoms with E-state index in [4.69, 9.17) is 0 Å². The number of hydrogen-bond donors (Lipinski definition) is 1. The first-order valence-electron chi connectivity index (χ1n) is 9.27. The molecule has 7 heteroatoms. The second kappa shape index (κ2) is 7.06. The zero-order valence-electron chi connectivity index (χ0n) is 15.5. The van der Waals surface area contributed by atoms with Crippen molar-refractivity contribution in [2.75, 3.05) is 31.5 Å². The van der Waals surface area contributed by atoms with Crippen LogP contribution in [-0.4, -0.2) is 63.1 Å². The molecule has 0 radical (unpaired) electrons. The van der Waals surface area contributed by atoms with Crippen LogP contribution in [0, 0.1) is 5.92 Å². The minimum Gasteiger partial charge on any atom is -0.354 e. The van der Waals surface area contributed by atoms with Crippen LogP contribution in [-0.2, 0) is 16.6 Å². The second-order valence-corrected chi connectivity index (χ2v) is 7.56. The van der Waals surface area contributed by atoms with Gasteiger partial charge < -0.3 is 15.1 Å². The number of amides is 2. The highest BCUT2D eigenvalue weighted by atomic mass is 16.2. The number of nitrogens with zero attached hydrogens (tertiary/aromatic N) is 4. The van der Waals surface area contributed by atoms with E-state index in [1.807, 2.05) is 43.0 Å². The van der Waals surface area contributed by atoms with E-state index < -0.39 is 5.54 Å². The molecule has 3 rings (SSSR count). The molecule has 2 aliphatic heterocycles. The van der Waals surface area contributed by atoms with Crippen LogP contribution in [0.3, 0.4) is 0 Å². The van der Waals surface area contributed by atoms with E-state index in [0.717, 1.165) is 31.7 Å². The SMILES string of the molecule is CC(C)C(=O)N1CCC(Nc2ccn(C)n2)(C(=O)N2CCCC2)CC1. The zero-order chi connectivity index (χ0) is 18.0. The number of carbonyl (C=O) groups excluding carboxylic acids is 2. The summed E-state index contributed by atoms with van der Waals surface area (Å²) in [7, 11) is 1.87. The maximum atomic E-state index is 13.3. The molecule has 2 fully saturated rings. The van der Waals surface area contributed by atoms with Gasteiger partial charge in [-0.2, -0.15) is 5.10 Å². The Morgan fingerprint density at radius 1 is 1.12 bits per heavy atom. The van der Waals surface area contributed by atoms with E-state index in [-0.39, 0.29) is 17.7 Å². The lowest BCUT2D eigenvalue weighted by Crippen LogP contribution is -2.59. The van der Waals surface area contributed by atoms with Gasteiger partial charge in [0, 0.05) is 51.4 Å². The van der Waals surface area contributed by atoms with Crippen molar-refractivity contribution in [2.45, 2.75) is 45.1 Å². The van der Waals surface area contributed by atoms with Crippen LogP contribution >= 0.6 is 0 Å². The Morgan fingerprint density at radius 3 is 2.28 bits per heavy atom. The minimum absolute atomic E-state index is 0.00877. The molecular formula is C18H29N5O2. The topological polar surface area (TPSA) is 70.5 Å². The number of aromatic nitrogens is 2. The fraction of sp³-hybridized carbons (Fsp3) is 0.722. The molecule has 0 spiro atoms. The fourth-order valence-electron chi connectivity index (χ4n) is 3.82. The summed E-state index contributed by atoms with van der Waals surface area (Å²) in [5.41, 5.74) is -0.660. The summed E-state index contributed by atoms with van der Waals surface area (Å²) < 4.78 is 1.73. The predicted molar refractivity (Wildman–Crippen MR) is 96.0 cm³/mol. The molecule has 25 heavy (non-hydrogen) atoms. The fourth-order valence-corrected chi connectivity index (χ4v) is 3.82. The number of carbonyl (C=O) groups is 2. The van der Waals surface area contributed by atoms with Crippen LogP contribution in [0.2, 0.25) is 0 Å². The van der Waals surface area contributed by atoms with Crippen molar-refractivity contribution >= 4 is 17.6 Å². The van der Waals surface area contributed by atoms with Crippen LogP contribution in [0.1, 0.15) is 39.5 Å². The van der Waals surface area contributed by atoms with Gasteiger partial charge in [-0.3, -0.25) is 14.3 Å². The molecule has 1 aromatic rings. The number of aryl methyl sites for hydroxylation is 1. The molecular weight excluding hydrogens is 318 g/mol.